The van der Waals surface area contributed by atoms with E-state index in [0.29, 0.717) is 0 Å². The summed E-state index contributed by atoms with van der Waals surface area (Å²) in [5.41, 5.74) is 2.67. The van der Waals surface area contributed by atoms with Gasteiger partial charge in [-0.1, -0.05) is 30.1 Å². The Kier molecular flexibility index (Phi) is 4.41. The summed E-state index contributed by atoms with van der Waals surface area (Å²) in [6.45, 7) is 6.34. The molecule has 10 heavy (non-hydrogen) atoms. The van der Waals surface area contributed by atoms with Crippen molar-refractivity contribution in [1.29, 1.82) is 0 Å². The molecule has 0 aliphatic heterocycles. The molecule has 0 nitrogen and oxygen atoms in total. The molecule has 0 aromatic rings. The van der Waals surface area contributed by atoms with Crippen LogP contribution in [0.2, 0.25) is 0 Å². The van der Waals surface area contributed by atoms with Gasteiger partial charge in [-0.3, -0.25) is 0 Å². The molecule has 0 aliphatic rings. The Balaban J connectivity index is 4.21. The van der Waals surface area contributed by atoms with Gasteiger partial charge in [0.2, 0.25) is 0 Å². The molecule has 0 spiro atoms. The van der Waals surface area contributed by atoms with Crippen LogP contribution in [0, 0.1) is 12.3 Å². The van der Waals surface area contributed by atoms with Crippen LogP contribution in [-0.2, 0) is 0 Å². The van der Waals surface area contributed by atoms with Gasteiger partial charge < -0.3 is 0 Å². The lowest BCUT2D eigenvalue weighted by Gasteiger charge is -1.97. The summed E-state index contributed by atoms with van der Waals surface area (Å²) in [6, 6.07) is 0. The maximum absolute atomic E-state index is 5.06. The first-order valence-corrected chi connectivity index (χ1v) is 3.51. The standard InChI is InChI=1S/C10H14/c1-5-7-8-10(4)9(3)6-2/h1,7-8H,6H2,2-4H3/b8-7-,10-9+. The Labute approximate surface area is 63.6 Å². The summed E-state index contributed by atoms with van der Waals surface area (Å²) >= 11 is 0. The van der Waals surface area contributed by atoms with Gasteiger partial charge >= 0.3 is 0 Å². The predicted octanol–water partition coefficient (Wildman–Crippen LogP) is 2.92. The predicted molar refractivity (Wildman–Crippen MR) is 46.6 cm³/mol. The molecule has 0 saturated carbocycles. The van der Waals surface area contributed by atoms with E-state index in [1.54, 1.807) is 6.08 Å². The van der Waals surface area contributed by atoms with Crippen LogP contribution in [0.25, 0.3) is 0 Å². The number of terminal acetylenes is 1. The van der Waals surface area contributed by atoms with Crippen LogP contribution in [-0.4, -0.2) is 0 Å². The highest BCUT2D eigenvalue weighted by molar-refractivity contribution is 5.26. The smallest absolute Gasteiger partial charge is 0.0119 e. The van der Waals surface area contributed by atoms with Crippen LogP contribution in [0.3, 0.4) is 0 Å². The largest absolute Gasteiger partial charge is 0.115 e. The average molecular weight is 134 g/mol. The zero-order valence-electron chi connectivity index (χ0n) is 6.94. The summed E-state index contributed by atoms with van der Waals surface area (Å²) in [5, 5.41) is 0. The van der Waals surface area contributed by atoms with Crippen LogP contribution in [0.4, 0.5) is 0 Å². The van der Waals surface area contributed by atoms with Gasteiger partial charge in [-0.15, -0.1) is 6.42 Å². The lowest BCUT2D eigenvalue weighted by atomic mass is 10.1. The number of rotatable bonds is 2. The van der Waals surface area contributed by atoms with Gasteiger partial charge in [-0.2, -0.15) is 0 Å². The Morgan fingerprint density at radius 1 is 1.50 bits per heavy atom. The van der Waals surface area contributed by atoms with Crippen molar-refractivity contribution in [1.82, 2.24) is 0 Å². The summed E-state index contributed by atoms with van der Waals surface area (Å²) in [6.07, 6.45) is 9.86. The van der Waals surface area contributed by atoms with Crippen molar-refractivity contribution in [3.63, 3.8) is 0 Å². The molecule has 0 heterocycles. The molecular weight excluding hydrogens is 120 g/mol. The summed E-state index contributed by atoms with van der Waals surface area (Å²) in [4.78, 5) is 0. The van der Waals surface area contributed by atoms with Crippen LogP contribution >= 0.6 is 0 Å². The molecule has 0 unspecified atom stereocenters. The second-order valence-corrected chi connectivity index (χ2v) is 2.32. The highest BCUT2D eigenvalue weighted by atomic mass is 13.9. The van der Waals surface area contributed by atoms with Crippen LogP contribution in [0.15, 0.2) is 23.3 Å². The maximum Gasteiger partial charge on any atom is -0.0119 e. The maximum atomic E-state index is 5.06. The molecule has 0 N–H and O–H groups in total. The van der Waals surface area contributed by atoms with E-state index < -0.39 is 0 Å². The van der Waals surface area contributed by atoms with Gasteiger partial charge in [0, 0.05) is 0 Å². The molecule has 0 atom stereocenters. The topological polar surface area (TPSA) is 0 Å². The van der Waals surface area contributed by atoms with Crippen molar-refractivity contribution >= 4 is 0 Å². The zero-order chi connectivity index (χ0) is 7.98. The van der Waals surface area contributed by atoms with Gasteiger partial charge in [0.15, 0.2) is 0 Å². The molecule has 0 aliphatic carbocycles. The molecule has 0 fully saturated rings. The minimum absolute atomic E-state index is 1.10. The Morgan fingerprint density at radius 3 is 2.50 bits per heavy atom. The minimum atomic E-state index is 1.10. The van der Waals surface area contributed by atoms with E-state index in [9.17, 15) is 0 Å². The fourth-order valence-electron chi connectivity index (χ4n) is 0.594. The Morgan fingerprint density at radius 2 is 2.10 bits per heavy atom. The molecule has 0 amide bonds. The summed E-state index contributed by atoms with van der Waals surface area (Å²) < 4.78 is 0. The normalized spacial score (nSPS) is 13.0. The van der Waals surface area contributed by atoms with Gasteiger partial charge in [0.1, 0.15) is 0 Å². The van der Waals surface area contributed by atoms with E-state index in [0.717, 1.165) is 6.42 Å². The van der Waals surface area contributed by atoms with Crippen molar-refractivity contribution in [2.24, 2.45) is 0 Å². The lowest BCUT2D eigenvalue weighted by molar-refractivity contribution is 1.07. The van der Waals surface area contributed by atoms with Gasteiger partial charge in [-0.05, 0) is 26.3 Å². The van der Waals surface area contributed by atoms with E-state index in [-0.39, 0.29) is 0 Å². The first-order valence-electron chi connectivity index (χ1n) is 3.51. The van der Waals surface area contributed by atoms with E-state index in [4.69, 9.17) is 6.42 Å². The van der Waals surface area contributed by atoms with Gasteiger partial charge in [-0.25, -0.2) is 0 Å². The first-order chi connectivity index (χ1) is 4.72. The molecule has 0 heteroatoms. The summed E-state index contributed by atoms with van der Waals surface area (Å²) in [5.74, 6) is 2.46. The molecule has 0 saturated heterocycles. The zero-order valence-corrected chi connectivity index (χ0v) is 6.94. The van der Waals surface area contributed by atoms with E-state index >= 15 is 0 Å². The monoisotopic (exact) mass is 134 g/mol. The van der Waals surface area contributed by atoms with E-state index in [1.165, 1.54) is 11.1 Å². The second-order valence-electron chi connectivity index (χ2n) is 2.32. The van der Waals surface area contributed by atoms with Crippen LogP contribution in [0.1, 0.15) is 27.2 Å². The summed E-state index contributed by atoms with van der Waals surface area (Å²) in [7, 11) is 0. The Bertz CT molecular complexity index is 187. The van der Waals surface area contributed by atoms with Crippen molar-refractivity contribution in [3.8, 4) is 12.3 Å². The molecule has 0 aromatic heterocycles. The average Bonchev–Trinajstić information content (AvgIpc) is 1.98. The molecular formula is C10H14. The highest BCUT2D eigenvalue weighted by Gasteiger charge is 1.87. The molecule has 0 aromatic carbocycles. The van der Waals surface area contributed by atoms with Gasteiger partial charge in [0.25, 0.3) is 0 Å². The van der Waals surface area contributed by atoms with Crippen molar-refractivity contribution in [2.75, 3.05) is 0 Å². The second kappa shape index (κ2) is 4.88. The molecule has 0 radical (unpaired) electrons. The SMILES string of the molecule is C#C/C=C\C(C)=C(/C)CC. The first kappa shape index (κ1) is 9.04. The number of hydrogen-bond donors (Lipinski definition) is 0. The van der Waals surface area contributed by atoms with E-state index in [2.05, 4.69) is 26.7 Å². The Hall–Kier alpha value is -0.960. The van der Waals surface area contributed by atoms with Crippen molar-refractivity contribution in [2.45, 2.75) is 27.2 Å². The number of hydrogen-bond acceptors (Lipinski definition) is 0. The van der Waals surface area contributed by atoms with E-state index in [1.807, 2.05) is 6.08 Å². The van der Waals surface area contributed by atoms with Gasteiger partial charge in [0.05, 0.1) is 0 Å². The highest BCUT2D eigenvalue weighted by Crippen LogP contribution is 2.07. The third-order valence-electron chi connectivity index (χ3n) is 1.63. The van der Waals surface area contributed by atoms with Crippen LogP contribution < -0.4 is 0 Å². The minimum Gasteiger partial charge on any atom is -0.115 e. The lowest BCUT2D eigenvalue weighted by Crippen LogP contribution is -1.76. The third-order valence-corrected chi connectivity index (χ3v) is 1.63. The fourth-order valence-corrected chi connectivity index (χ4v) is 0.594. The number of allylic oxidation sites excluding steroid dienone is 4. The third kappa shape index (κ3) is 3.14. The molecule has 54 valence electrons. The fraction of sp³-hybridized carbons (Fsp3) is 0.400. The van der Waals surface area contributed by atoms with Crippen molar-refractivity contribution < 1.29 is 0 Å². The molecule has 0 rings (SSSR count). The molecule has 0 bridgehead atoms. The quantitative estimate of drug-likeness (QED) is 0.402. The van der Waals surface area contributed by atoms with Crippen LogP contribution in [0.5, 0.6) is 0 Å². The van der Waals surface area contributed by atoms with Crippen molar-refractivity contribution in [3.05, 3.63) is 23.3 Å².